The van der Waals surface area contributed by atoms with Crippen molar-refractivity contribution in [1.82, 2.24) is 4.90 Å². The van der Waals surface area contributed by atoms with Crippen LogP contribution in [0.3, 0.4) is 0 Å². The number of nitrogens with two attached hydrogens (primary N) is 1. The second-order valence-electron chi connectivity index (χ2n) is 4.45. The molecule has 86 valence electrons. The maximum absolute atomic E-state index is 11.7. The third-order valence-electron chi connectivity index (χ3n) is 3.29. The van der Waals surface area contributed by atoms with E-state index in [1.54, 1.807) is 0 Å². The van der Waals surface area contributed by atoms with Crippen molar-refractivity contribution in [2.45, 2.75) is 26.3 Å². The molecule has 1 saturated heterocycles. The minimum atomic E-state index is 0.259. The molecule has 1 fully saturated rings. The fraction of sp³-hybridized carbons (Fsp3) is 0.462. The minimum absolute atomic E-state index is 0.259. The summed E-state index contributed by atoms with van der Waals surface area (Å²) >= 11 is 0. The Morgan fingerprint density at radius 3 is 2.81 bits per heavy atom. The number of amides is 1. The van der Waals surface area contributed by atoms with Crippen LogP contribution < -0.4 is 5.73 Å². The van der Waals surface area contributed by atoms with Crippen molar-refractivity contribution >= 4 is 11.6 Å². The number of nitrogens with zero attached hydrogens (tertiary/aromatic N) is 1. The standard InChI is InChI=1S/C13H18N2O/c1-2-10-7-13(16)15(8-10)9-11-5-3-4-6-12(11)14/h3-6,10H,2,7-9,14H2,1H3. The first-order chi connectivity index (χ1) is 7.70. The second-order valence-corrected chi connectivity index (χ2v) is 4.45. The van der Waals surface area contributed by atoms with E-state index in [-0.39, 0.29) is 5.91 Å². The van der Waals surface area contributed by atoms with Gasteiger partial charge in [0.15, 0.2) is 0 Å². The van der Waals surface area contributed by atoms with E-state index in [0.717, 1.165) is 24.2 Å². The van der Waals surface area contributed by atoms with Crippen LogP contribution in [0, 0.1) is 5.92 Å². The van der Waals surface area contributed by atoms with Gasteiger partial charge in [-0.25, -0.2) is 0 Å². The van der Waals surface area contributed by atoms with Crippen LogP contribution in [0.25, 0.3) is 0 Å². The molecule has 1 unspecified atom stereocenters. The molecule has 3 heteroatoms. The quantitative estimate of drug-likeness (QED) is 0.789. The van der Waals surface area contributed by atoms with Crippen molar-refractivity contribution in [3.63, 3.8) is 0 Å². The SMILES string of the molecule is CCC1CC(=O)N(Cc2ccccc2N)C1. The molecule has 2 rings (SSSR count). The average molecular weight is 218 g/mol. The van der Waals surface area contributed by atoms with Gasteiger partial charge in [0.25, 0.3) is 0 Å². The summed E-state index contributed by atoms with van der Waals surface area (Å²) in [6, 6.07) is 7.75. The number of rotatable bonds is 3. The molecule has 1 aliphatic rings. The summed E-state index contributed by atoms with van der Waals surface area (Å²) in [5, 5.41) is 0. The Hall–Kier alpha value is -1.51. The molecule has 2 N–H and O–H groups in total. The number of hydrogen-bond acceptors (Lipinski definition) is 2. The van der Waals surface area contributed by atoms with Crippen LogP contribution in [-0.4, -0.2) is 17.4 Å². The van der Waals surface area contributed by atoms with Crippen molar-refractivity contribution in [3.05, 3.63) is 29.8 Å². The lowest BCUT2D eigenvalue weighted by Gasteiger charge is -2.17. The van der Waals surface area contributed by atoms with Crippen LogP contribution in [0.2, 0.25) is 0 Å². The Kier molecular flexibility index (Phi) is 3.13. The molecule has 1 amide bonds. The van der Waals surface area contributed by atoms with Gasteiger partial charge in [-0.2, -0.15) is 0 Å². The fourth-order valence-electron chi connectivity index (χ4n) is 2.16. The lowest BCUT2D eigenvalue weighted by molar-refractivity contribution is -0.128. The highest BCUT2D eigenvalue weighted by atomic mass is 16.2. The highest BCUT2D eigenvalue weighted by Gasteiger charge is 2.28. The van der Waals surface area contributed by atoms with Gasteiger partial charge in [0.05, 0.1) is 0 Å². The van der Waals surface area contributed by atoms with Crippen LogP contribution in [0.1, 0.15) is 25.3 Å². The van der Waals surface area contributed by atoms with Gasteiger partial charge in [0.1, 0.15) is 0 Å². The van der Waals surface area contributed by atoms with Crippen LogP contribution in [0.15, 0.2) is 24.3 Å². The molecule has 0 bridgehead atoms. The Morgan fingerprint density at radius 2 is 2.19 bits per heavy atom. The van der Waals surface area contributed by atoms with E-state index in [1.165, 1.54) is 0 Å². The fourth-order valence-corrected chi connectivity index (χ4v) is 2.16. The number of hydrogen-bond donors (Lipinski definition) is 1. The lowest BCUT2D eigenvalue weighted by atomic mass is 10.1. The monoisotopic (exact) mass is 218 g/mol. The first-order valence-electron chi connectivity index (χ1n) is 5.82. The Bertz CT molecular complexity index is 389. The van der Waals surface area contributed by atoms with E-state index in [2.05, 4.69) is 6.92 Å². The number of carbonyl (C=O) groups excluding carboxylic acids is 1. The normalized spacial score (nSPS) is 20.4. The van der Waals surface area contributed by atoms with Crippen molar-refractivity contribution in [3.8, 4) is 0 Å². The highest BCUT2D eigenvalue weighted by Crippen LogP contribution is 2.23. The summed E-state index contributed by atoms with van der Waals surface area (Å²) in [4.78, 5) is 13.7. The first kappa shape index (κ1) is 11.0. The molecule has 16 heavy (non-hydrogen) atoms. The molecule has 0 radical (unpaired) electrons. The van der Waals surface area contributed by atoms with Gasteiger partial charge in [-0.1, -0.05) is 31.5 Å². The summed E-state index contributed by atoms with van der Waals surface area (Å²) in [5.74, 6) is 0.785. The number of anilines is 1. The lowest BCUT2D eigenvalue weighted by Crippen LogP contribution is -2.25. The molecule has 0 saturated carbocycles. The number of nitrogen functional groups attached to an aromatic ring is 1. The maximum atomic E-state index is 11.7. The molecule has 1 heterocycles. The van der Waals surface area contributed by atoms with E-state index in [1.807, 2.05) is 29.2 Å². The third-order valence-corrected chi connectivity index (χ3v) is 3.29. The van der Waals surface area contributed by atoms with Crippen LogP contribution >= 0.6 is 0 Å². The number of benzene rings is 1. The van der Waals surface area contributed by atoms with E-state index >= 15 is 0 Å². The van der Waals surface area contributed by atoms with Gasteiger partial charge in [-0.3, -0.25) is 4.79 Å². The van der Waals surface area contributed by atoms with Gasteiger partial charge < -0.3 is 10.6 Å². The van der Waals surface area contributed by atoms with Gasteiger partial charge in [-0.05, 0) is 17.5 Å². The number of likely N-dealkylation sites (tertiary alicyclic amines) is 1. The Morgan fingerprint density at radius 1 is 1.44 bits per heavy atom. The summed E-state index contributed by atoms with van der Waals surface area (Å²) < 4.78 is 0. The van der Waals surface area contributed by atoms with Crippen LogP contribution in [0.4, 0.5) is 5.69 Å². The van der Waals surface area contributed by atoms with Gasteiger partial charge in [0.2, 0.25) is 5.91 Å². The highest BCUT2D eigenvalue weighted by molar-refractivity contribution is 5.78. The van der Waals surface area contributed by atoms with Gasteiger partial charge >= 0.3 is 0 Å². The van der Waals surface area contributed by atoms with Crippen molar-refractivity contribution in [2.75, 3.05) is 12.3 Å². The van der Waals surface area contributed by atoms with E-state index in [4.69, 9.17) is 5.73 Å². The topological polar surface area (TPSA) is 46.3 Å². The van der Waals surface area contributed by atoms with E-state index in [0.29, 0.717) is 18.9 Å². The molecule has 3 nitrogen and oxygen atoms in total. The van der Waals surface area contributed by atoms with Crippen molar-refractivity contribution < 1.29 is 4.79 Å². The minimum Gasteiger partial charge on any atom is -0.398 e. The Balaban J connectivity index is 2.06. The molecular formula is C13H18N2O. The maximum Gasteiger partial charge on any atom is 0.223 e. The van der Waals surface area contributed by atoms with Crippen molar-refractivity contribution in [2.24, 2.45) is 5.92 Å². The first-order valence-corrected chi connectivity index (χ1v) is 5.82. The molecule has 0 aromatic heterocycles. The smallest absolute Gasteiger partial charge is 0.223 e. The molecular weight excluding hydrogens is 200 g/mol. The molecule has 1 aromatic rings. The van der Waals surface area contributed by atoms with E-state index in [9.17, 15) is 4.79 Å². The zero-order chi connectivity index (χ0) is 11.5. The molecule has 0 aliphatic carbocycles. The second kappa shape index (κ2) is 4.56. The van der Waals surface area contributed by atoms with Crippen LogP contribution in [-0.2, 0) is 11.3 Å². The zero-order valence-electron chi connectivity index (χ0n) is 9.65. The summed E-state index contributed by atoms with van der Waals surface area (Å²) in [5.41, 5.74) is 7.70. The largest absolute Gasteiger partial charge is 0.398 e. The van der Waals surface area contributed by atoms with Gasteiger partial charge in [0, 0.05) is 25.2 Å². The van der Waals surface area contributed by atoms with Gasteiger partial charge in [-0.15, -0.1) is 0 Å². The summed E-state index contributed by atoms with van der Waals surface area (Å²) in [6.07, 6.45) is 1.77. The average Bonchev–Trinajstić information content (AvgIpc) is 2.63. The molecule has 1 aromatic carbocycles. The summed E-state index contributed by atoms with van der Waals surface area (Å²) in [7, 11) is 0. The van der Waals surface area contributed by atoms with Crippen LogP contribution in [0.5, 0.6) is 0 Å². The van der Waals surface area contributed by atoms with E-state index < -0.39 is 0 Å². The molecule has 0 spiro atoms. The number of para-hydroxylation sites is 1. The number of carbonyl (C=O) groups is 1. The predicted molar refractivity (Wildman–Crippen MR) is 64.7 cm³/mol. The third kappa shape index (κ3) is 2.18. The summed E-state index contributed by atoms with van der Waals surface area (Å²) in [6.45, 7) is 3.67. The predicted octanol–water partition coefficient (Wildman–Crippen LogP) is 2.03. The Labute approximate surface area is 96.2 Å². The van der Waals surface area contributed by atoms with Crippen molar-refractivity contribution in [1.29, 1.82) is 0 Å². The zero-order valence-corrected chi connectivity index (χ0v) is 9.65. The molecule has 1 aliphatic heterocycles. The molecule has 1 atom stereocenters.